The first-order chi connectivity index (χ1) is 9.74. The maximum Gasteiger partial charge on any atom is 0.119 e. The molecule has 4 nitrogen and oxygen atoms in total. The third kappa shape index (κ3) is 5.49. The summed E-state index contributed by atoms with van der Waals surface area (Å²) in [6.45, 7) is 5.55. The minimum atomic E-state index is -0.485. The summed E-state index contributed by atoms with van der Waals surface area (Å²) in [6, 6.07) is 7.86. The van der Waals surface area contributed by atoms with Gasteiger partial charge in [-0.1, -0.05) is 17.7 Å². The van der Waals surface area contributed by atoms with E-state index in [1.807, 2.05) is 31.2 Å². The smallest absolute Gasteiger partial charge is 0.119 e. The van der Waals surface area contributed by atoms with E-state index in [2.05, 4.69) is 5.32 Å². The van der Waals surface area contributed by atoms with Crippen molar-refractivity contribution in [2.24, 2.45) is 5.92 Å². The standard InChI is InChI=1S/C16H25NO3/c1-13-4-6-16(7-5-13)20-12-15(18)10-17-9-14-3-2-8-19-11-14/h4-7,14-15,17-18H,2-3,8-12H2,1H3. The molecule has 2 N–H and O–H groups in total. The van der Waals surface area contributed by atoms with Gasteiger partial charge in [-0.25, -0.2) is 0 Å². The molecule has 1 aliphatic rings. The van der Waals surface area contributed by atoms with Crippen molar-refractivity contribution in [3.8, 4) is 5.75 Å². The van der Waals surface area contributed by atoms with Gasteiger partial charge in [-0.15, -0.1) is 0 Å². The maximum absolute atomic E-state index is 9.88. The Kier molecular flexibility index (Phi) is 6.30. The molecule has 2 rings (SSSR count). The molecule has 2 atom stereocenters. The first-order valence-electron chi connectivity index (χ1n) is 7.40. The van der Waals surface area contributed by atoms with Crippen LogP contribution < -0.4 is 10.1 Å². The summed E-state index contributed by atoms with van der Waals surface area (Å²) in [6.07, 6.45) is 1.87. The van der Waals surface area contributed by atoms with Crippen molar-refractivity contribution >= 4 is 0 Å². The molecule has 0 aliphatic carbocycles. The largest absolute Gasteiger partial charge is 0.491 e. The van der Waals surface area contributed by atoms with Crippen LogP contribution in [0.1, 0.15) is 18.4 Å². The maximum atomic E-state index is 9.88. The van der Waals surface area contributed by atoms with E-state index in [9.17, 15) is 5.11 Å². The monoisotopic (exact) mass is 279 g/mol. The highest BCUT2D eigenvalue weighted by atomic mass is 16.5. The Labute approximate surface area is 121 Å². The molecule has 1 aromatic carbocycles. The molecule has 0 aromatic heterocycles. The molecule has 0 spiro atoms. The van der Waals surface area contributed by atoms with Gasteiger partial charge >= 0.3 is 0 Å². The molecule has 1 fully saturated rings. The van der Waals surface area contributed by atoms with Crippen molar-refractivity contribution in [1.82, 2.24) is 5.32 Å². The van der Waals surface area contributed by atoms with E-state index < -0.39 is 6.10 Å². The molecule has 1 aromatic rings. The van der Waals surface area contributed by atoms with Crippen LogP contribution in [0, 0.1) is 12.8 Å². The van der Waals surface area contributed by atoms with Crippen LogP contribution in [0.3, 0.4) is 0 Å². The van der Waals surface area contributed by atoms with Gasteiger partial charge in [-0.2, -0.15) is 0 Å². The van der Waals surface area contributed by atoms with Gasteiger partial charge in [0, 0.05) is 19.7 Å². The van der Waals surface area contributed by atoms with Gasteiger partial charge in [0.1, 0.15) is 18.5 Å². The van der Waals surface area contributed by atoms with Crippen molar-refractivity contribution in [2.45, 2.75) is 25.9 Å². The number of aliphatic hydroxyl groups is 1. The topological polar surface area (TPSA) is 50.7 Å². The summed E-state index contributed by atoms with van der Waals surface area (Å²) in [5.74, 6) is 1.38. The van der Waals surface area contributed by atoms with E-state index in [1.165, 1.54) is 12.0 Å². The average Bonchev–Trinajstić information content (AvgIpc) is 2.48. The molecule has 0 amide bonds. The Morgan fingerprint density at radius 1 is 1.40 bits per heavy atom. The second-order valence-electron chi connectivity index (χ2n) is 5.52. The molecule has 20 heavy (non-hydrogen) atoms. The summed E-state index contributed by atoms with van der Waals surface area (Å²) < 4.78 is 11.0. The van der Waals surface area contributed by atoms with E-state index in [4.69, 9.17) is 9.47 Å². The van der Waals surface area contributed by atoms with Crippen molar-refractivity contribution in [3.63, 3.8) is 0 Å². The third-order valence-electron chi connectivity index (χ3n) is 3.53. The lowest BCUT2D eigenvalue weighted by molar-refractivity contribution is 0.0516. The Hall–Kier alpha value is -1.10. The summed E-state index contributed by atoms with van der Waals surface area (Å²) >= 11 is 0. The highest BCUT2D eigenvalue weighted by molar-refractivity contribution is 5.26. The van der Waals surface area contributed by atoms with Crippen LogP contribution in [0.4, 0.5) is 0 Å². The minimum absolute atomic E-state index is 0.317. The predicted octanol–water partition coefficient (Wildman–Crippen LogP) is 1.75. The second-order valence-corrected chi connectivity index (χ2v) is 5.52. The zero-order chi connectivity index (χ0) is 14.2. The number of ether oxygens (including phenoxy) is 2. The van der Waals surface area contributed by atoms with Crippen LogP contribution in [-0.2, 0) is 4.74 Å². The Morgan fingerprint density at radius 3 is 2.90 bits per heavy atom. The number of hydrogen-bond donors (Lipinski definition) is 2. The molecule has 2 unspecified atom stereocenters. The van der Waals surface area contributed by atoms with Gasteiger partial charge in [0.25, 0.3) is 0 Å². The van der Waals surface area contributed by atoms with E-state index in [-0.39, 0.29) is 0 Å². The van der Waals surface area contributed by atoms with E-state index in [1.54, 1.807) is 0 Å². The molecule has 112 valence electrons. The normalized spacial score (nSPS) is 20.6. The molecule has 0 bridgehead atoms. The third-order valence-corrected chi connectivity index (χ3v) is 3.53. The average molecular weight is 279 g/mol. The SMILES string of the molecule is Cc1ccc(OCC(O)CNCC2CCCOC2)cc1. The van der Waals surface area contributed by atoms with Gasteiger partial charge < -0.3 is 19.9 Å². The van der Waals surface area contributed by atoms with Crippen LogP contribution in [0.5, 0.6) is 5.75 Å². The molecule has 0 saturated carbocycles. The van der Waals surface area contributed by atoms with Crippen LogP contribution in [0.25, 0.3) is 0 Å². The van der Waals surface area contributed by atoms with Crippen molar-refractivity contribution in [3.05, 3.63) is 29.8 Å². The highest BCUT2D eigenvalue weighted by Crippen LogP contribution is 2.13. The van der Waals surface area contributed by atoms with Gasteiger partial charge in [0.15, 0.2) is 0 Å². The number of aryl methyl sites for hydroxylation is 1. The Bertz CT molecular complexity index is 374. The molecular formula is C16H25NO3. The highest BCUT2D eigenvalue weighted by Gasteiger charge is 2.14. The number of nitrogens with one attached hydrogen (secondary N) is 1. The molecular weight excluding hydrogens is 254 g/mol. The summed E-state index contributed by atoms with van der Waals surface area (Å²) in [7, 11) is 0. The fraction of sp³-hybridized carbons (Fsp3) is 0.625. The molecule has 0 radical (unpaired) electrons. The first kappa shape index (κ1) is 15.3. The fourth-order valence-corrected chi connectivity index (χ4v) is 2.31. The fourth-order valence-electron chi connectivity index (χ4n) is 2.31. The zero-order valence-electron chi connectivity index (χ0n) is 12.2. The number of rotatable bonds is 7. The van der Waals surface area contributed by atoms with Crippen LogP contribution >= 0.6 is 0 Å². The second kappa shape index (κ2) is 8.25. The molecule has 4 heteroatoms. The van der Waals surface area contributed by atoms with Crippen molar-refractivity contribution in [2.75, 3.05) is 32.9 Å². The lowest BCUT2D eigenvalue weighted by Crippen LogP contribution is -2.36. The molecule has 1 heterocycles. The van der Waals surface area contributed by atoms with Crippen LogP contribution in [-0.4, -0.2) is 44.1 Å². The van der Waals surface area contributed by atoms with E-state index in [0.717, 1.165) is 31.9 Å². The molecule has 1 saturated heterocycles. The number of aliphatic hydroxyl groups excluding tert-OH is 1. The van der Waals surface area contributed by atoms with Gasteiger partial charge in [0.2, 0.25) is 0 Å². The van der Waals surface area contributed by atoms with Crippen molar-refractivity contribution in [1.29, 1.82) is 0 Å². The zero-order valence-corrected chi connectivity index (χ0v) is 12.2. The summed E-state index contributed by atoms with van der Waals surface area (Å²) in [4.78, 5) is 0. The quantitative estimate of drug-likeness (QED) is 0.798. The summed E-state index contributed by atoms with van der Waals surface area (Å²) in [5.41, 5.74) is 1.20. The van der Waals surface area contributed by atoms with Crippen LogP contribution in [0.2, 0.25) is 0 Å². The minimum Gasteiger partial charge on any atom is -0.491 e. The summed E-state index contributed by atoms with van der Waals surface area (Å²) in [5, 5.41) is 13.2. The first-order valence-corrected chi connectivity index (χ1v) is 7.40. The van der Waals surface area contributed by atoms with E-state index in [0.29, 0.717) is 19.1 Å². The molecule has 1 aliphatic heterocycles. The lowest BCUT2D eigenvalue weighted by Gasteiger charge is -2.23. The van der Waals surface area contributed by atoms with E-state index >= 15 is 0 Å². The Morgan fingerprint density at radius 2 is 2.20 bits per heavy atom. The van der Waals surface area contributed by atoms with Crippen molar-refractivity contribution < 1.29 is 14.6 Å². The van der Waals surface area contributed by atoms with Gasteiger partial charge in [0.05, 0.1) is 6.61 Å². The Balaban J connectivity index is 1.57. The lowest BCUT2D eigenvalue weighted by atomic mass is 10.0. The number of benzene rings is 1. The van der Waals surface area contributed by atoms with Crippen LogP contribution in [0.15, 0.2) is 24.3 Å². The van der Waals surface area contributed by atoms with Gasteiger partial charge in [-0.3, -0.25) is 0 Å². The van der Waals surface area contributed by atoms with Gasteiger partial charge in [-0.05, 0) is 37.8 Å². The number of hydrogen-bond acceptors (Lipinski definition) is 4. The predicted molar refractivity (Wildman–Crippen MR) is 79.1 cm³/mol.